The van der Waals surface area contributed by atoms with E-state index in [0.717, 1.165) is 57.6 Å². The molecule has 0 spiro atoms. The topological polar surface area (TPSA) is 127 Å². The molecule has 1 aliphatic carbocycles. The first-order valence-corrected chi connectivity index (χ1v) is 15.4. The van der Waals surface area contributed by atoms with Crippen molar-refractivity contribution in [2.24, 2.45) is 5.73 Å². The van der Waals surface area contributed by atoms with Crippen LogP contribution in [0.1, 0.15) is 62.9 Å². The van der Waals surface area contributed by atoms with Gasteiger partial charge in [0.15, 0.2) is 0 Å². The van der Waals surface area contributed by atoms with Crippen LogP contribution in [0.2, 0.25) is 0 Å². The molecule has 1 amide bonds. The zero-order chi connectivity index (χ0) is 27.9. The summed E-state index contributed by atoms with van der Waals surface area (Å²) in [4.78, 5) is 20.1. The third-order valence-electron chi connectivity index (χ3n) is 7.03. The van der Waals surface area contributed by atoms with E-state index >= 15 is 0 Å². The number of amides is 1. The van der Waals surface area contributed by atoms with Gasteiger partial charge < -0.3 is 15.5 Å². The number of rotatable bonds is 6. The van der Waals surface area contributed by atoms with Crippen LogP contribution < -0.4 is 10.5 Å². The van der Waals surface area contributed by atoms with Crippen molar-refractivity contribution in [1.82, 2.24) is 14.7 Å². The van der Waals surface area contributed by atoms with E-state index in [1.807, 2.05) is 51.2 Å². The average molecular weight is 567 g/mol. The first kappa shape index (κ1) is 27.4. The lowest BCUT2D eigenvalue weighted by atomic mass is 9.88. The van der Waals surface area contributed by atoms with Gasteiger partial charge in [-0.2, -0.15) is 0 Å². The number of aryl methyl sites for hydroxylation is 1. The van der Waals surface area contributed by atoms with Crippen LogP contribution in [0.15, 0.2) is 53.7 Å². The molecule has 2 aromatic carbocycles. The first-order valence-electron chi connectivity index (χ1n) is 13.1. The number of nitrogens with zero attached hydrogens (tertiary/aromatic N) is 1. The molecular formula is C29H34N4O4S2. The van der Waals surface area contributed by atoms with Crippen LogP contribution in [0.25, 0.3) is 32.5 Å². The van der Waals surface area contributed by atoms with E-state index in [9.17, 15) is 13.2 Å². The summed E-state index contributed by atoms with van der Waals surface area (Å²) in [5.41, 5.74) is 9.08. The number of carbonyl (C=O) groups excluding carboxylic acids is 1. The van der Waals surface area contributed by atoms with Gasteiger partial charge in [0.25, 0.3) is 0 Å². The van der Waals surface area contributed by atoms with Crippen LogP contribution in [-0.4, -0.2) is 36.1 Å². The highest BCUT2D eigenvalue weighted by Crippen LogP contribution is 2.41. The number of hydrogen-bond donors (Lipinski definition) is 3. The number of nitrogens with two attached hydrogens (primary N) is 1. The normalized spacial score (nSPS) is 18.4. The predicted octanol–water partition coefficient (Wildman–Crippen LogP) is 6.47. The van der Waals surface area contributed by atoms with Crippen LogP contribution in [0.3, 0.4) is 0 Å². The third kappa shape index (κ3) is 6.03. The van der Waals surface area contributed by atoms with Crippen LogP contribution in [-0.2, 0) is 14.8 Å². The molecule has 206 valence electrons. The number of sulfonamides is 1. The maximum absolute atomic E-state index is 13.7. The van der Waals surface area contributed by atoms with Crippen molar-refractivity contribution in [2.75, 3.05) is 0 Å². The van der Waals surface area contributed by atoms with Gasteiger partial charge in [-0.3, -0.25) is 0 Å². The summed E-state index contributed by atoms with van der Waals surface area (Å²) in [6.07, 6.45) is 5.99. The fourth-order valence-corrected chi connectivity index (χ4v) is 8.09. The van der Waals surface area contributed by atoms with Gasteiger partial charge in [0.05, 0.1) is 14.8 Å². The van der Waals surface area contributed by atoms with Gasteiger partial charge in [0.2, 0.25) is 10.0 Å². The Morgan fingerprint density at radius 3 is 2.49 bits per heavy atom. The summed E-state index contributed by atoms with van der Waals surface area (Å²) >= 11 is 1.52. The molecule has 4 N–H and O–H groups in total. The minimum atomic E-state index is -3.84. The summed E-state index contributed by atoms with van der Waals surface area (Å²) in [6, 6.07) is 11.7. The molecule has 1 aliphatic rings. The molecule has 0 bridgehead atoms. The number of primary amides is 1. The Hall–Kier alpha value is -3.21. The largest absolute Gasteiger partial charge is 0.446 e. The van der Waals surface area contributed by atoms with Gasteiger partial charge in [0, 0.05) is 40.3 Å². The number of hydrogen-bond acceptors (Lipinski definition) is 6. The van der Waals surface area contributed by atoms with Crippen LogP contribution in [0.4, 0.5) is 4.79 Å². The minimum absolute atomic E-state index is 0.153. The van der Waals surface area contributed by atoms with Crippen molar-refractivity contribution in [1.29, 1.82) is 0 Å². The summed E-state index contributed by atoms with van der Waals surface area (Å²) in [6.45, 7) is 7.55. The van der Waals surface area contributed by atoms with Crippen LogP contribution in [0.5, 0.6) is 0 Å². The van der Waals surface area contributed by atoms with Crippen molar-refractivity contribution in [2.45, 2.75) is 75.8 Å². The first-order chi connectivity index (χ1) is 18.4. The number of fused-ring (bicyclic) bond motifs is 1. The molecular weight excluding hydrogens is 532 g/mol. The van der Waals surface area contributed by atoms with Crippen molar-refractivity contribution >= 4 is 38.4 Å². The van der Waals surface area contributed by atoms with E-state index in [2.05, 4.69) is 27.7 Å². The summed E-state index contributed by atoms with van der Waals surface area (Å²) in [7, 11) is -3.84. The van der Waals surface area contributed by atoms with E-state index < -0.39 is 21.7 Å². The van der Waals surface area contributed by atoms with Crippen molar-refractivity contribution in [3.8, 4) is 21.6 Å². The van der Waals surface area contributed by atoms with Gasteiger partial charge in [-0.15, -0.1) is 11.3 Å². The molecule has 4 aromatic rings. The van der Waals surface area contributed by atoms with Gasteiger partial charge in [-0.1, -0.05) is 24.3 Å². The monoisotopic (exact) mass is 566 g/mol. The minimum Gasteiger partial charge on any atom is -0.446 e. The number of thiazole rings is 1. The summed E-state index contributed by atoms with van der Waals surface area (Å²) in [5.74, 6) is 0.236. The Kier molecular flexibility index (Phi) is 7.30. The molecule has 2 aromatic heterocycles. The highest BCUT2D eigenvalue weighted by atomic mass is 32.2. The Morgan fingerprint density at radius 1 is 1.10 bits per heavy atom. The molecule has 8 nitrogen and oxygen atoms in total. The maximum Gasteiger partial charge on any atom is 0.404 e. The third-order valence-corrected chi connectivity index (χ3v) is 10.0. The molecule has 0 unspecified atom stereocenters. The molecule has 10 heteroatoms. The molecule has 0 saturated heterocycles. The van der Waals surface area contributed by atoms with E-state index in [1.165, 1.54) is 16.9 Å². The summed E-state index contributed by atoms with van der Waals surface area (Å²) in [5, 5.41) is 2.11. The molecule has 1 saturated carbocycles. The van der Waals surface area contributed by atoms with Gasteiger partial charge in [-0.05, 0) is 82.2 Å². The quantitative estimate of drug-likeness (QED) is 0.247. The SMILES string of the molecule is Cc1c[nH]c2cc(-c3ccc(-c4cnc(C5CCC(OC(N)=O)CC5)s4)c(S(=O)(=O)NC(C)(C)C)c3)ccc12. The number of aromatic nitrogens is 2. The number of nitrogens with one attached hydrogen (secondary N) is 2. The lowest BCUT2D eigenvalue weighted by Crippen LogP contribution is -2.40. The van der Waals surface area contributed by atoms with E-state index in [4.69, 9.17) is 10.5 Å². The Balaban J connectivity index is 1.50. The van der Waals surface area contributed by atoms with Gasteiger partial charge in [0.1, 0.15) is 6.10 Å². The highest BCUT2D eigenvalue weighted by molar-refractivity contribution is 7.89. The molecule has 0 radical (unpaired) electrons. The highest BCUT2D eigenvalue weighted by Gasteiger charge is 2.29. The smallest absolute Gasteiger partial charge is 0.404 e. The Bertz CT molecular complexity index is 1620. The van der Waals surface area contributed by atoms with E-state index in [1.54, 1.807) is 12.3 Å². The van der Waals surface area contributed by atoms with Crippen LogP contribution >= 0.6 is 11.3 Å². The molecule has 5 rings (SSSR count). The molecule has 1 fully saturated rings. The lowest BCUT2D eigenvalue weighted by Gasteiger charge is -2.26. The lowest BCUT2D eigenvalue weighted by molar-refractivity contribution is 0.0787. The molecule has 39 heavy (non-hydrogen) atoms. The van der Waals surface area contributed by atoms with Crippen molar-refractivity contribution < 1.29 is 17.9 Å². The predicted molar refractivity (Wildman–Crippen MR) is 155 cm³/mol. The number of aromatic amines is 1. The second kappa shape index (κ2) is 10.4. The second-order valence-corrected chi connectivity index (χ2v) is 14.0. The number of ether oxygens (including phenoxy) is 1. The molecule has 0 aliphatic heterocycles. The average Bonchev–Trinajstić information content (AvgIpc) is 3.49. The van der Waals surface area contributed by atoms with Crippen molar-refractivity contribution in [3.63, 3.8) is 0 Å². The fourth-order valence-electron chi connectivity index (χ4n) is 5.23. The van der Waals surface area contributed by atoms with E-state index in [-0.39, 0.29) is 16.9 Å². The van der Waals surface area contributed by atoms with Crippen molar-refractivity contribution in [3.05, 3.63) is 59.4 Å². The van der Waals surface area contributed by atoms with E-state index in [0.29, 0.717) is 5.56 Å². The maximum atomic E-state index is 13.7. The fraction of sp³-hybridized carbons (Fsp3) is 0.379. The Labute approximate surface area is 233 Å². The number of H-pyrrole nitrogens is 1. The molecule has 2 heterocycles. The standard InChI is InChI=1S/C29H34N4O4S2/c1-17-15-31-24-13-19(7-11-22(17)24)20-8-12-23(26(14-20)39(35,36)33-29(2,3)4)25-16-32-27(38-25)18-5-9-21(10-6-18)37-28(30)34/h7-8,11-16,18,21,31,33H,5-6,9-10H2,1-4H3,(H2,30,34). The number of carbonyl (C=O) groups is 1. The van der Waals surface area contributed by atoms with Crippen LogP contribution in [0, 0.1) is 6.92 Å². The van der Waals surface area contributed by atoms with Gasteiger partial charge in [-0.25, -0.2) is 22.9 Å². The Morgan fingerprint density at radius 2 is 1.79 bits per heavy atom. The zero-order valence-electron chi connectivity index (χ0n) is 22.6. The summed E-state index contributed by atoms with van der Waals surface area (Å²) < 4.78 is 35.4. The second-order valence-electron chi connectivity index (χ2n) is 11.3. The zero-order valence-corrected chi connectivity index (χ0v) is 24.2. The number of benzene rings is 2. The van der Waals surface area contributed by atoms with Gasteiger partial charge >= 0.3 is 6.09 Å². The molecule has 0 atom stereocenters.